The van der Waals surface area contributed by atoms with Crippen LogP contribution in [-0.2, 0) is 27.3 Å². The molecule has 218 valence electrons. The molecule has 0 unspecified atom stereocenters. The number of hydrogen-bond acceptors (Lipinski definition) is 6. The van der Waals surface area contributed by atoms with E-state index in [0.717, 1.165) is 28.3 Å². The second kappa shape index (κ2) is 13.7. The molecule has 0 bridgehead atoms. The van der Waals surface area contributed by atoms with E-state index >= 15 is 0 Å². The van der Waals surface area contributed by atoms with Gasteiger partial charge in [0.15, 0.2) is 0 Å². The van der Waals surface area contributed by atoms with Crippen molar-refractivity contribution in [3.05, 3.63) is 77.9 Å². The van der Waals surface area contributed by atoms with Crippen LogP contribution in [0.5, 0.6) is 5.75 Å². The lowest BCUT2D eigenvalue weighted by Crippen LogP contribution is -2.59. The van der Waals surface area contributed by atoms with E-state index in [1.807, 2.05) is 54.6 Å². The van der Waals surface area contributed by atoms with Crippen molar-refractivity contribution in [1.82, 2.24) is 20.9 Å². The van der Waals surface area contributed by atoms with Crippen LogP contribution in [-0.4, -0.2) is 59.4 Å². The molecule has 0 aliphatic carbocycles. The Kier molecular flexibility index (Phi) is 10.1. The van der Waals surface area contributed by atoms with Gasteiger partial charge in [-0.1, -0.05) is 75.4 Å². The molecule has 0 radical (unpaired) electrons. The predicted octanol–water partition coefficient (Wildman–Crippen LogP) is 3.91. The van der Waals surface area contributed by atoms with Crippen LogP contribution < -0.4 is 16.0 Å². The van der Waals surface area contributed by atoms with Gasteiger partial charge in [-0.15, -0.1) is 0 Å². The number of amides is 3. The Labute approximate surface area is 242 Å². The van der Waals surface area contributed by atoms with Gasteiger partial charge in [0.2, 0.25) is 17.7 Å². The minimum Gasteiger partial charge on any atom is -0.508 e. The van der Waals surface area contributed by atoms with Crippen LogP contribution in [0, 0.1) is 5.41 Å². The maximum absolute atomic E-state index is 13.8. The highest BCUT2D eigenvalue weighted by Gasteiger charge is 2.42. The molecule has 0 saturated carbocycles. The lowest BCUT2D eigenvalue weighted by atomic mass is 9.91. The van der Waals surface area contributed by atoms with Crippen molar-refractivity contribution in [3.63, 3.8) is 0 Å². The standard InChI is InChI=1S/C33H42N4O4/c1-33(2,3)32(41)37(31(40)28-10-6-18-35-28)29(21-24-11-14-25-8-4-5-9-26(25)20-24)30(39)36-19-7-17-34-22-23-12-15-27(38)16-13-23/h4-5,8-9,11-16,20,28-29,34-35,38H,6-7,10,17-19,21-22H2,1-3H3,(H,36,39)/t28-,29+/m0/s1. The predicted molar refractivity (Wildman–Crippen MR) is 161 cm³/mol. The summed E-state index contributed by atoms with van der Waals surface area (Å²) in [4.78, 5) is 42.5. The Morgan fingerprint density at radius 3 is 2.37 bits per heavy atom. The number of rotatable bonds is 11. The number of benzene rings is 3. The van der Waals surface area contributed by atoms with Crippen LogP contribution in [0.1, 0.15) is 51.2 Å². The van der Waals surface area contributed by atoms with Gasteiger partial charge in [-0.25, -0.2) is 0 Å². The number of imide groups is 1. The molecule has 1 aliphatic heterocycles. The zero-order valence-electron chi connectivity index (χ0n) is 24.3. The summed E-state index contributed by atoms with van der Waals surface area (Å²) in [5.41, 5.74) is 1.10. The molecule has 4 N–H and O–H groups in total. The highest BCUT2D eigenvalue weighted by Crippen LogP contribution is 2.25. The first kappa shape index (κ1) is 30.2. The Morgan fingerprint density at radius 1 is 0.976 bits per heavy atom. The van der Waals surface area contributed by atoms with Crippen LogP contribution in [0.15, 0.2) is 66.7 Å². The van der Waals surface area contributed by atoms with E-state index in [1.54, 1.807) is 32.9 Å². The molecule has 0 aromatic heterocycles. The minimum absolute atomic E-state index is 0.232. The molecule has 1 aliphatic rings. The van der Waals surface area contributed by atoms with Crippen LogP contribution in [0.25, 0.3) is 10.8 Å². The van der Waals surface area contributed by atoms with E-state index in [9.17, 15) is 19.5 Å². The van der Waals surface area contributed by atoms with Gasteiger partial charge in [-0.2, -0.15) is 0 Å². The number of phenolic OH excluding ortho intramolecular Hbond substituents is 1. The van der Waals surface area contributed by atoms with Crippen molar-refractivity contribution in [3.8, 4) is 5.75 Å². The maximum Gasteiger partial charge on any atom is 0.247 e. The number of hydrogen-bond donors (Lipinski definition) is 4. The molecular formula is C33H42N4O4. The average Bonchev–Trinajstić information content (AvgIpc) is 3.50. The molecule has 0 spiro atoms. The molecule has 2 atom stereocenters. The summed E-state index contributed by atoms with van der Waals surface area (Å²) in [6.45, 7) is 7.78. The van der Waals surface area contributed by atoms with E-state index < -0.39 is 17.5 Å². The molecule has 8 heteroatoms. The third kappa shape index (κ3) is 8.15. The highest BCUT2D eigenvalue weighted by atomic mass is 16.3. The zero-order valence-corrected chi connectivity index (χ0v) is 24.3. The van der Waals surface area contributed by atoms with E-state index in [2.05, 4.69) is 16.0 Å². The lowest BCUT2D eigenvalue weighted by Gasteiger charge is -2.35. The summed E-state index contributed by atoms with van der Waals surface area (Å²) < 4.78 is 0. The molecule has 1 heterocycles. The number of nitrogens with zero attached hydrogens (tertiary/aromatic N) is 1. The number of fused-ring (bicyclic) bond motifs is 1. The maximum atomic E-state index is 13.8. The van der Waals surface area contributed by atoms with Gasteiger partial charge in [0, 0.05) is 24.9 Å². The first-order chi connectivity index (χ1) is 19.6. The van der Waals surface area contributed by atoms with Gasteiger partial charge in [0.05, 0.1) is 6.04 Å². The zero-order chi connectivity index (χ0) is 29.4. The van der Waals surface area contributed by atoms with Gasteiger partial charge in [0.25, 0.3) is 0 Å². The molecule has 41 heavy (non-hydrogen) atoms. The van der Waals surface area contributed by atoms with Crippen LogP contribution >= 0.6 is 0 Å². The fraction of sp³-hybridized carbons (Fsp3) is 0.424. The largest absolute Gasteiger partial charge is 0.508 e. The molecule has 1 saturated heterocycles. The molecule has 3 aromatic carbocycles. The first-order valence-electron chi connectivity index (χ1n) is 14.5. The number of carbonyl (C=O) groups excluding carboxylic acids is 3. The quantitative estimate of drug-likeness (QED) is 0.266. The smallest absolute Gasteiger partial charge is 0.247 e. The number of carbonyl (C=O) groups is 3. The van der Waals surface area contributed by atoms with Crippen LogP contribution in [0.3, 0.4) is 0 Å². The summed E-state index contributed by atoms with van der Waals surface area (Å²) in [7, 11) is 0. The Morgan fingerprint density at radius 2 is 1.68 bits per heavy atom. The second-order valence-electron chi connectivity index (χ2n) is 11.8. The van der Waals surface area contributed by atoms with Gasteiger partial charge in [-0.05, 0) is 66.4 Å². The third-order valence-corrected chi connectivity index (χ3v) is 7.41. The molecule has 4 rings (SSSR count). The van der Waals surface area contributed by atoms with E-state index in [4.69, 9.17) is 0 Å². The fourth-order valence-electron chi connectivity index (χ4n) is 5.10. The van der Waals surface area contributed by atoms with E-state index in [-0.39, 0.29) is 29.9 Å². The van der Waals surface area contributed by atoms with Crippen molar-refractivity contribution in [1.29, 1.82) is 0 Å². The summed E-state index contributed by atoms with van der Waals surface area (Å²) in [5, 5.41) is 21.1. The van der Waals surface area contributed by atoms with Crippen molar-refractivity contribution >= 4 is 28.5 Å². The van der Waals surface area contributed by atoms with Crippen molar-refractivity contribution in [2.45, 2.75) is 65.1 Å². The lowest BCUT2D eigenvalue weighted by molar-refractivity contribution is -0.157. The normalized spacial score (nSPS) is 15.9. The van der Waals surface area contributed by atoms with Crippen LogP contribution in [0.4, 0.5) is 0 Å². The second-order valence-corrected chi connectivity index (χ2v) is 11.8. The van der Waals surface area contributed by atoms with Gasteiger partial charge >= 0.3 is 0 Å². The monoisotopic (exact) mass is 558 g/mol. The molecule has 1 fully saturated rings. The molecular weight excluding hydrogens is 516 g/mol. The van der Waals surface area contributed by atoms with Gasteiger partial charge in [-0.3, -0.25) is 19.3 Å². The van der Waals surface area contributed by atoms with Gasteiger partial charge < -0.3 is 21.1 Å². The molecule has 3 aromatic rings. The number of nitrogens with one attached hydrogen (secondary N) is 3. The molecule has 8 nitrogen and oxygen atoms in total. The highest BCUT2D eigenvalue weighted by molar-refractivity contribution is 6.04. The van der Waals surface area contributed by atoms with Crippen molar-refractivity contribution in [2.75, 3.05) is 19.6 Å². The first-order valence-corrected chi connectivity index (χ1v) is 14.5. The summed E-state index contributed by atoms with van der Waals surface area (Å²) in [6.07, 6.45) is 2.41. The minimum atomic E-state index is -0.970. The summed E-state index contributed by atoms with van der Waals surface area (Å²) >= 11 is 0. The van der Waals surface area contributed by atoms with Crippen molar-refractivity contribution < 1.29 is 19.5 Å². The summed E-state index contributed by atoms with van der Waals surface area (Å²) in [5.74, 6) is -0.789. The topological polar surface area (TPSA) is 111 Å². The SMILES string of the molecule is CC(C)(C)C(=O)N(C(=O)[C@@H]1CCCN1)[C@H](Cc1ccc2ccccc2c1)C(=O)NCCCNCc1ccc(O)cc1. The number of aromatic hydroxyl groups is 1. The fourth-order valence-corrected chi connectivity index (χ4v) is 5.10. The summed E-state index contributed by atoms with van der Waals surface area (Å²) in [6, 6.07) is 19.6. The molecule has 3 amide bonds. The van der Waals surface area contributed by atoms with Crippen LogP contribution in [0.2, 0.25) is 0 Å². The average molecular weight is 559 g/mol. The van der Waals surface area contributed by atoms with Crippen molar-refractivity contribution in [2.24, 2.45) is 5.41 Å². The third-order valence-electron chi connectivity index (χ3n) is 7.41. The van der Waals surface area contributed by atoms with E-state index in [0.29, 0.717) is 39.0 Å². The Balaban J connectivity index is 1.50. The van der Waals surface area contributed by atoms with E-state index in [1.165, 1.54) is 4.90 Å². The Bertz CT molecular complexity index is 1340. The number of phenols is 1. The van der Waals surface area contributed by atoms with Gasteiger partial charge in [0.1, 0.15) is 11.8 Å². The Hall–Kier alpha value is -3.75.